The molecule has 2 aromatic carbocycles. The number of nitrogens with zero attached hydrogens (tertiary/aromatic N) is 1. The van der Waals surface area contributed by atoms with E-state index in [0.29, 0.717) is 5.69 Å². The molecule has 2 N–H and O–H groups in total. The van der Waals surface area contributed by atoms with E-state index < -0.39 is 30.0 Å². The van der Waals surface area contributed by atoms with Crippen LogP contribution in [0.5, 0.6) is 5.75 Å². The number of hydrogen-bond acceptors (Lipinski definition) is 7. The predicted molar refractivity (Wildman–Crippen MR) is 107 cm³/mol. The minimum absolute atomic E-state index is 0.0857. The van der Waals surface area contributed by atoms with Crippen LogP contribution in [0.15, 0.2) is 36.4 Å². The first-order valence-electron chi connectivity index (χ1n) is 8.99. The molecule has 31 heavy (non-hydrogen) atoms. The normalized spacial score (nSPS) is 12.9. The van der Waals surface area contributed by atoms with Crippen molar-refractivity contribution in [2.75, 3.05) is 17.2 Å². The van der Waals surface area contributed by atoms with Crippen LogP contribution in [0.4, 0.5) is 25.8 Å². The predicted octanol–water partition coefficient (Wildman–Crippen LogP) is 4.22. The average molecular weight is 456 g/mol. The van der Waals surface area contributed by atoms with E-state index in [2.05, 4.69) is 15.4 Å². The van der Waals surface area contributed by atoms with E-state index in [4.69, 9.17) is 16.3 Å². The number of nitrogens with one attached hydrogen (secondary N) is 2. The molecule has 0 spiro atoms. The molecule has 0 saturated heterocycles. The SMILES string of the molecule is O=C(COC(=O)c1ccc(NC2CC2)c([N+](=O)[O-])c1)Nc1ccc(OC(F)F)c(Cl)c1. The minimum atomic E-state index is -3.05. The molecule has 0 aromatic heterocycles. The number of halogens is 3. The van der Waals surface area contributed by atoms with Crippen molar-refractivity contribution < 1.29 is 32.8 Å². The van der Waals surface area contributed by atoms with Gasteiger partial charge in [-0.1, -0.05) is 11.6 Å². The molecule has 1 saturated carbocycles. The number of ether oxygens (including phenoxy) is 2. The van der Waals surface area contributed by atoms with Crippen LogP contribution in [-0.2, 0) is 9.53 Å². The highest BCUT2D eigenvalue weighted by Crippen LogP contribution is 2.32. The summed E-state index contributed by atoms with van der Waals surface area (Å²) in [7, 11) is 0. The van der Waals surface area contributed by atoms with Crippen LogP contribution >= 0.6 is 11.6 Å². The van der Waals surface area contributed by atoms with E-state index >= 15 is 0 Å². The highest BCUT2D eigenvalue weighted by molar-refractivity contribution is 6.32. The molecule has 0 atom stereocenters. The van der Waals surface area contributed by atoms with Gasteiger partial charge in [0.15, 0.2) is 6.61 Å². The topological polar surface area (TPSA) is 120 Å². The Labute approximate surface area is 179 Å². The van der Waals surface area contributed by atoms with Crippen LogP contribution in [0.25, 0.3) is 0 Å². The zero-order valence-electron chi connectivity index (χ0n) is 15.8. The Morgan fingerprint density at radius 2 is 1.97 bits per heavy atom. The zero-order valence-corrected chi connectivity index (χ0v) is 16.5. The van der Waals surface area contributed by atoms with E-state index in [1.54, 1.807) is 0 Å². The number of esters is 1. The third-order valence-electron chi connectivity index (χ3n) is 4.13. The van der Waals surface area contributed by atoms with Crippen molar-refractivity contribution in [2.24, 2.45) is 0 Å². The Morgan fingerprint density at radius 1 is 1.23 bits per heavy atom. The van der Waals surface area contributed by atoms with E-state index in [1.165, 1.54) is 24.3 Å². The number of amides is 1. The molecule has 0 aliphatic heterocycles. The van der Waals surface area contributed by atoms with Gasteiger partial charge in [-0.2, -0.15) is 8.78 Å². The van der Waals surface area contributed by atoms with Crippen molar-refractivity contribution >= 4 is 40.5 Å². The van der Waals surface area contributed by atoms with Gasteiger partial charge in [0, 0.05) is 17.8 Å². The molecular weight excluding hydrogens is 440 g/mol. The maximum absolute atomic E-state index is 12.2. The van der Waals surface area contributed by atoms with Crippen molar-refractivity contribution in [3.8, 4) is 5.75 Å². The Kier molecular flexibility index (Phi) is 6.85. The van der Waals surface area contributed by atoms with Gasteiger partial charge in [0.25, 0.3) is 11.6 Å². The molecule has 1 aliphatic rings. The van der Waals surface area contributed by atoms with Crippen molar-refractivity contribution in [1.29, 1.82) is 0 Å². The Hall–Kier alpha value is -3.47. The van der Waals surface area contributed by atoms with Gasteiger partial charge in [0.05, 0.1) is 15.5 Å². The number of anilines is 2. The van der Waals surface area contributed by atoms with E-state index in [-0.39, 0.29) is 33.8 Å². The standard InChI is InChI=1S/C19H16ClF2N3O6/c20-13-8-12(4-6-16(13)31-19(21)22)24-17(26)9-30-18(27)10-1-5-14(23-11-2-3-11)15(7-10)25(28)29/h1,4-8,11,19,23H,2-3,9H2,(H,24,26). The van der Waals surface area contributed by atoms with Gasteiger partial charge in [0.2, 0.25) is 0 Å². The van der Waals surface area contributed by atoms with Crippen LogP contribution in [-0.4, -0.2) is 36.1 Å². The quantitative estimate of drug-likeness (QED) is 0.330. The molecular formula is C19H16ClF2N3O6. The highest BCUT2D eigenvalue weighted by atomic mass is 35.5. The molecule has 164 valence electrons. The summed E-state index contributed by atoms with van der Waals surface area (Å²) >= 11 is 5.80. The number of nitro benzene ring substituents is 1. The number of carbonyl (C=O) groups excluding carboxylic acids is 2. The molecule has 0 radical (unpaired) electrons. The molecule has 0 heterocycles. The van der Waals surface area contributed by atoms with Crippen LogP contribution in [0.2, 0.25) is 5.02 Å². The number of hydrogen-bond donors (Lipinski definition) is 2. The summed E-state index contributed by atoms with van der Waals surface area (Å²) in [5.41, 5.74) is 0.112. The van der Waals surface area contributed by atoms with Gasteiger partial charge < -0.3 is 20.1 Å². The second-order valence-electron chi connectivity index (χ2n) is 6.56. The van der Waals surface area contributed by atoms with Crippen molar-refractivity contribution in [1.82, 2.24) is 0 Å². The van der Waals surface area contributed by atoms with E-state index in [0.717, 1.165) is 25.0 Å². The number of alkyl halides is 2. The van der Waals surface area contributed by atoms with Crippen LogP contribution in [0.3, 0.4) is 0 Å². The maximum Gasteiger partial charge on any atom is 0.387 e. The van der Waals surface area contributed by atoms with Crippen molar-refractivity contribution in [3.63, 3.8) is 0 Å². The molecule has 9 nitrogen and oxygen atoms in total. The summed E-state index contributed by atoms with van der Waals surface area (Å²) in [4.78, 5) is 34.8. The third kappa shape index (κ3) is 6.25. The number of nitro groups is 1. The summed E-state index contributed by atoms with van der Waals surface area (Å²) in [6.07, 6.45) is 1.84. The Balaban J connectivity index is 1.57. The largest absolute Gasteiger partial charge is 0.452 e. The van der Waals surface area contributed by atoms with Crippen LogP contribution in [0.1, 0.15) is 23.2 Å². The molecule has 2 aromatic rings. The number of rotatable bonds is 9. The van der Waals surface area contributed by atoms with Gasteiger partial charge >= 0.3 is 12.6 Å². The lowest BCUT2D eigenvalue weighted by Gasteiger charge is -2.10. The molecule has 3 rings (SSSR count). The molecule has 0 unspecified atom stereocenters. The summed E-state index contributed by atoms with van der Waals surface area (Å²) in [5.74, 6) is -1.91. The first kappa shape index (κ1) is 22.2. The summed E-state index contributed by atoms with van der Waals surface area (Å²) in [5, 5.41) is 16.5. The lowest BCUT2D eigenvalue weighted by atomic mass is 10.1. The smallest absolute Gasteiger partial charge is 0.387 e. The average Bonchev–Trinajstić information content (AvgIpc) is 3.52. The lowest BCUT2D eigenvalue weighted by molar-refractivity contribution is -0.384. The second-order valence-corrected chi connectivity index (χ2v) is 6.96. The monoisotopic (exact) mass is 455 g/mol. The van der Waals surface area contributed by atoms with Gasteiger partial charge in [0.1, 0.15) is 11.4 Å². The van der Waals surface area contributed by atoms with Gasteiger partial charge in [-0.25, -0.2) is 4.79 Å². The number of benzene rings is 2. The summed E-state index contributed by atoms with van der Waals surface area (Å²) < 4.78 is 33.6. The van der Waals surface area contributed by atoms with Gasteiger partial charge in [-0.05, 0) is 43.2 Å². The zero-order chi connectivity index (χ0) is 22.5. The molecule has 12 heteroatoms. The van der Waals surface area contributed by atoms with Gasteiger partial charge in [-0.3, -0.25) is 14.9 Å². The maximum atomic E-state index is 12.2. The fraction of sp³-hybridized carbons (Fsp3) is 0.263. The number of carbonyl (C=O) groups is 2. The summed E-state index contributed by atoms with van der Waals surface area (Å²) in [6.45, 7) is -3.73. The Bertz CT molecular complexity index is 1020. The molecule has 0 bridgehead atoms. The minimum Gasteiger partial charge on any atom is -0.452 e. The van der Waals surface area contributed by atoms with Crippen LogP contribution in [0, 0.1) is 10.1 Å². The van der Waals surface area contributed by atoms with Crippen molar-refractivity contribution in [2.45, 2.75) is 25.5 Å². The fourth-order valence-electron chi connectivity index (χ4n) is 2.56. The second kappa shape index (κ2) is 9.56. The highest BCUT2D eigenvalue weighted by Gasteiger charge is 2.26. The van der Waals surface area contributed by atoms with E-state index in [1.807, 2.05) is 0 Å². The third-order valence-corrected chi connectivity index (χ3v) is 4.43. The fourth-order valence-corrected chi connectivity index (χ4v) is 2.79. The Morgan fingerprint density at radius 3 is 2.58 bits per heavy atom. The summed E-state index contributed by atoms with van der Waals surface area (Å²) in [6, 6.07) is 7.65. The molecule has 1 amide bonds. The van der Waals surface area contributed by atoms with Gasteiger partial charge in [-0.15, -0.1) is 0 Å². The van der Waals surface area contributed by atoms with E-state index in [9.17, 15) is 28.5 Å². The van der Waals surface area contributed by atoms with Crippen LogP contribution < -0.4 is 15.4 Å². The molecule has 1 aliphatic carbocycles. The molecule has 1 fully saturated rings. The lowest BCUT2D eigenvalue weighted by Crippen LogP contribution is -2.21. The first-order valence-corrected chi connectivity index (χ1v) is 9.37. The van der Waals surface area contributed by atoms with Crippen molar-refractivity contribution in [3.05, 3.63) is 57.1 Å². The first-order chi connectivity index (χ1) is 14.7.